The average molecular weight is 257 g/mol. The lowest BCUT2D eigenvalue weighted by atomic mass is 10.2. The van der Waals surface area contributed by atoms with Gasteiger partial charge in [0.2, 0.25) is 0 Å². The maximum atomic E-state index is 11.3. The molecule has 0 unspecified atom stereocenters. The standard InChI is InChI=1S/C13H15N5O/c1-18(8-9-2-4-10(14)5-3-9)13-11(12(15)19)16-6-7-17-13/h2-7H,8,14H2,1H3,(H2,15,19). The Balaban J connectivity index is 2.22. The number of hydrogen-bond donors (Lipinski definition) is 2. The van der Waals surface area contributed by atoms with Crippen molar-refractivity contribution < 1.29 is 4.79 Å². The van der Waals surface area contributed by atoms with Gasteiger partial charge in [-0.3, -0.25) is 4.79 Å². The number of primary amides is 1. The highest BCUT2D eigenvalue weighted by molar-refractivity contribution is 5.95. The number of hydrogen-bond acceptors (Lipinski definition) is 5. The zero-order chi connectivity index (χ0) is 13.8. The number of nitrogens with zero attached hydrogens (tertiary/aromatic N) is 3. The smallest absolute Gasteiger partial charge is 0.271 e. The number of nitrogens with two attached hydrogens (primary N) is 2. The molecule has 0 aliphatic heterocycles. The van der Waals surface area contributed by atoms with Gasteiger partial charge in [0.05, 0.1) is 0 Å². The summed E-state index contributed by atoms with van der Waals surface area (Å²) in [7, 11) is 1.83. The highest BCUT2D eigenvalue weighted by Gasteiger charge is 2.14. The largest absolute Gasteiger partial charge is 0.399 e. The van der Waals surface area contributed by atoms with Crippen molar-refractivity contribution in [2.24, 2.45) is 5.73 Å². The van der Waals surface area contributed by atoms with Crippen LogP contribution in [0.3, 0.4) is 0 Å². The molecule has 6 heteroatoms. The number of nitrogen functional groups attached to an aromatic ring is 1. The van der Waals surface area contributed by atoms with Crippen LogP contribution in [0.25, 0.3) is 0 Å². The molecule has 0 bridgehead atoms. The number of rotatable bonds is 4. The first-order chi connectivity index (χ1) is 9.08. The Labute approximate surface area is 111 Å². The minimum atomic E-state index is -0.591. The Morgan fingerprint density at radius 3 is 2.47 bits per heavy atom. The summed E-state index contributed by atoms with van der Waals surface area (Å²) in [5.41, 5.74) is 12.8. The molecule has 2 rings (SSSR count). The van der Waals surface area contributed by atoms with E-state index < -0.39 is 5.91 Å². The van der Waals surface area contributed by atoms with Crippen LogP contribution >= 0.6 is 0 Å². The molecule has 0 spiro atoms. The second-order valence-electron chi connectivity index (χ2n) is 4.19. The summed E-state index contributed by atoms with van der Waals surface area (Å²) in [6.45, 7) is 0.583. The van der Waals surface area contributed by atoms with E-state index in [0.29, 0.717) is 18.1 Å². The summed E-state index contributed by atoms with van der Waals surface area (Å²) in [6, 6.07) is 7.50. The molecule has 1 amide bonds. The Hall–Kier alpha value is -2.63. The molecular formula is C13H15N5O. The third kappa shape index (κ3) is 2.98. The zero-order valence-corrected chi connectivity index (χ0v) is 10.6. The molecule has 6 nitrogen and oxygen atoms in total. The predicted octanol–water partition coefficient (Wildman–Crippen LogP) is 0.794. The summed E-state index contributed by atoms with van der Waals surface area (Å²) >= 11 is 0. The lowest BCUT2D eigenvalue weighted by molar-refractivity contribution is 0.0995. The van der Waals surface area contributed by atoms with Crippen molar-refractivity contribution in [1.29, 1.82) is 0 Å². The predicted molar refractivity (Wildman–Crippen MR) is 73.5 cm³/mol. The van der Waals surface area contributed by atoms with Gasteiger partial charge in [-0.25, -0.2) is 9.97 Å². The maximum Gasteiger partial charge on any atom is 0.271 e. The van der Waals surface area contributed by atoms with E-state index in [2.05, 4.69) is 9.97 Å². The van der Waals surface area contributed by atoms with Crippen LogP contribution in [-0.2, 0) is 6.54 Å². The van der Waals surface area contributed by atoms with Gasteiger partial charge in [0, 0.05) is 31.7 Å². The summed E-state index contributed by atoms with van der Waals surface area (Å²) in [6.07, 6.45) is 2.97. The summed E-state index contributed by atoms with van der Waals surface area (Å²) in [4.78, 5) is 21.2. The minimum Gasteiger partial charge on any atom is -0.399 e. The molecule has 0 radical (unpaired) electrons. The van der Waals surface area contributed by atoms with Gasteiger partial charge in [-0.15, -0.1) is 0 Å². The van der Waals surface area contributed by atoms with E-state index in [4.69, 9.17) is 11.5 Å². The van der Waals surface area contributed by atoms with Crippen molar-refractivity contribution in [2.45, 2.75) is 6.54 Å². The van der Waals surface area contributed by atoms with E-state index in [9.17, 15) is 4.79 Å². The molecule has 0 atom stereocenters. The fourth-order valence-corrected chi connectivity index (χ4v) is 1.76. The van der Waals surface area contributed by atoms with Crippen LogP contribution in [-0.4, -0.2) is 22.9 Å². The van der Waals surface area contributed by atoms with Crippen molar-refractivity contribution in [3.63, 3.8) is 0 Å². The van der Waals surface area contributed by atoms with E-state index in [0.717, 1.165) is 5.56 Å². The van der Waals surface area contributed by atoms with Gasteiger partial charge in [0.25, 0.3) is 5.91 Å². The van der Waals surface area contributed by atoms with E-state index >= 15 is 0 Å². The number of anilines is 2. The molecule has 0 fully saturated rings. The molecule has 1 heterocycles. The SMILES string of the molecule is CN(Cc1ccc(N)cc1)c1nccnc1C(N)=O. The fourth-order valence-electron chi connectivity index (χ4n) is 1.76. The third-order valence-corrected chi connectivity index (χ3v) is 2.67. The van der Waals surface area contributed by atoms with Gasteiger partial charge in [-0.2, -0.15) is 0 Å². The summed E-state index contributed by atoms with van der Waals surface area (Å²) < 4.78 is 0. The molecule has 0 aliphatic rings. The van der Waals surface area contributed by atoms with Crippen LogP contribution in [0.4, 0.5) is 11.5 Å². The third-order valence-electron chi connectivity index (χ3n) is 2.67. The van der Waals surface area contributed by atoms with E-state index in [1.807, 2.05) is 36.2 Å². The quantitative estimate of drug-likeness (QED) is 0.789. The van der Waals surface area contributed by atoms with Crippen LogP contribution in [0, 0.1) is 0 Å². The van der Waals surface area contributed by atoms with Crippen molar-refractivity contribution in [2.75, 3.05) is 17.7 Å². The van der Waals surface area contributed by atoms with Crippen LogP contribution < -0.4 is 16.4 Å². The number of benzene rings is 1. The molecule has 1 aromatic heterocycles. The summed E-state index contributed by atoms with van der Waals surface area (Å²) in [5, 5.41) is 0. The van der Waals surface area contributed by atoms with Gasteiger partial charge < -0.3 is 16.4 Å². The molecule has 0 aliphatic carbocycles. The molecule has 98 valence electrons. The molecular weight excluding hydrogens is 242 g/mol. The Morgan fingerprint density at radius 2 is 1.84 bits per heavy atom. The lowest BCUT2D eigenvalue weighted by Gasteiger charge is -2.19. The van der Waals surface area contributed by atoms with E-state index in [1.165, 1.54) is 12.4 Å². The maximum absolute atomic E-state index is 11.3. The Morgan fingerprint density at radius 1 is 1.21 bits per heavy atom. The van der Waals surface area contributed by atoms with E-state index in [1.54, 1.807) is 0 Å². The molecule has 19 heavy (non-hydrogen) atoms. The second-order valence-corrected chi connectivity index (χ2v) is 4.19. The van der Waals surface area contributed by atoms with Crippen LogP contribution in [0.2, 0.25) is 0 Å². The minimum absolute atomic E-state index is 0.167. The molecule has 1 aromatic carbocycles. The molecule has 0 saturated carbocycles. The summed E-state index contributed by atoms with van der Waals surface area (Å²) in [5.74, 6) is -0.126. The molecule has 0 saturated heterocycles. The van der Waals surface area contributed by atoms with Gasteiger partial charge in [0.1, 0.15) is 0 Å². The average Bonchev–Trinajstić information content (AvgIpc) is 2.41. The van der Waals surface area contributed by atoms with Crippen LogP contribution in [0.1, 0.15) is 16.1 Å². The second kappa shape index (κ2) is 5.34. The van der Waals surface area contributed by atoms with Crippen molar-refractivity contribution >= 4 is 17.4 Å². The molecule has 4 N–H and O–H groups in total. The van der Waals surface area contributed by atoms with Crippen molar-refractivity contribution in [1.82, 2.24) is 9.97 Å². The number of carbonyl (C=O) groups excluding carboxylic acids is 1. The van der Waals surface area contributed by atoms with Gasteiger partial charge in [-0.1, -0.05) is 12.1 Å². The molecule has 2 aromatic rings. The van der Waals surface area contributed by atoms with Crippen LogP contribution in [0.15, 0.2) is 36.7 Å². The van der Waals surface area contributed by atoms with Gasteiger partial charge in [-0.05, 0) is 17.7 Å². The first-order valence-electron chi connectivity index (χ1n) is 5.74. The monoisotopic (exact) mass is 257 g/mol. The Bertz CT molecular complexity index is 582. The van der Waals surface area contributed by atoms with Crippen LogP contribution in [0.5, 0.6) is 0 Å². The first kappa shape index (κ1) is 12.8. The zero-order valence-electron chi connectivity index (χ0n) is 10.6. The Kier molecular flexibility index (Phi) is 3.61. The highest BCUT2D eigenvalue weighted by atomic mass is 16.1. The van der Waals surface area contributed by atoms with Crippen molar-refractivity contribution in [3.8, 4) is 0 Å². The first-order valence-corrected chi connectivity index (χ1v) is 5.74. The van der Waals surface area contributed by atoms with Crippen molar-refractivity contribution in [3.05, 3.63) is 47.9 Å². The highest BCUT2D eigenvalue weighted by Crippen LogP contribution is 2.16. The van der Waals surface area contributed by atoms with Gasteiger partial charge in [0.15, 0.2) is 11.5 Å². The normalized spacial score (nSPS) is 10.2. The van der Waals surface area contributed by atoms with E-state index in [-0.39, 0.29) is 5.69 Å². The lowest BCUT2D eigenvalue weighted by Crippen LogP contribution is -2.24. The topological polar surface area (TPSA) is 98.1 Å². The fraction of sp³-hybridized carbons (Fsp3) is 0.154. The van der Waals surface area contributed by atoms with Gasteiger partial charge >= 0.3 is 0 Å². The number of carbonyl (C=O) groups is 1. The number of aromatic nitrogens is 2. The number of amides is 1.